The number of hydrogen-bond donors (Lipinski definition) is 1. The average molecular weight is 275 g/mol. The van der Waals surface area contributed by atoms with Crippen LogP contribution in [0.3, 0.4) is 0 Å². The van der Waals surface area contributed by atoms with Crippen molar-refractivity contribution in [1.29, 1.82) is 0 Å². The van der Waals surface area contributed by atoms with Crippen molar-refractivity contribution in [3.63, 3.8) is 0 Å². The van der Waals surface area contributed by atoms with E-state index in [1.54, 1.807) is 6.92 Å². The molecule has 0 bridgehead atoms. The van der Waals surface area contributed by atoms with E-state index in [-0.39, 0.29) is 6.61 Å². The number of hydrogen-bond acceptors (Lipinski definition) is 4. The van der Waals surface area contributed by atoms with Crippen LogP contribution in [0.5, 0.6) is 0 Å². The summed E-state index contributed by atoms with van der Waals surface area (Å²) in [5.74, 6) is -1.51. The maximum absolute atomic E-state index is 11.3. The Morgan fingerprint density at radius 3 is 2.07 bits per heavy atom. The zero-order valence-corrected chi connectivity index (χ0v) is 10.4. The van der Waals surface area contributed by atoms with Crippen LogP contribution < -0.4 is 5.73 Å². The lowest BCUT2D eigenvalue weighted by molar-refractivity contribution is -0.139. The minimum atomic E-state index is -2.01. The molecule has 0 saturated heterocycles. The topological polar surface area (TPSA) is 69.4 Å². The van der Waals surface area contributed by atoms with E-state index in [0.717, 1.165) is 6.92 Å². The van der Waals surface area contributed by atoms with Gasteiger partial charge in [-0.2, -0.15) is 0 Å². The van der Waals surface area contributed by atoms with Crippen LogP contribution in [0, 0.1) is 0 Å². The third-order valence-corrected chi connectivity index (χ3v) is 2.02. The third-order valence-electron chi connectivity index (χ3n) is 1.41. The maximum atomic E-state index is 11.3. The van der Waals surface area contributed by atoms with Gasteiger partial charge in [0.15, 0.2) is 5.78 Å². The Hall–Kier alpha value is -0.450. The molecule has 0 saturated carbocycles. The minimum Gasteiger partial charge on any atom is -0.462 e. The average Bonchev–Trinajstić information content (AvgIpc) is 2.02. The van der Waals surface area contributed by atoms with E-state index in [2.05, 4.69) is 4.74 Å². The lowest BCUT2D eigenvalue weighted by Gasteiger charge is -2.14. The highest BCUT2D eigenvalue weighted by Crippen LogP contribution is 2.33. The van der Waals surface area contributed by atoms with E-state index in [1.165, 1.54) is 0 Å². The summed E-state index contributed by atoms with van der Waals surface area (Å²) in [6.45, 7) is 2.82. The van der Waals surface area contributed by atoms with Gasteiger partial charge in [-0.3, -0.25) is 4.79 Å². The summed E-state index contributed by atoms with van der Waals surface area (Å²) in [7, 11) is 0. The van der Waals surface area contributed by atoms with E-state index in [4.69, 9.17) is 40.5 Å². The zero-order chi connectivity index (χ0) is 12.2. The van der Waals surface area contributed by atoms with Crippen molar-refractivity contribution in [2.45, 2.75) is 17.6 Å². The van der Waals surface area contributed by atoms with Gasteiger partial charge in [0.05, 0.1) is 12.3 Å². The zero-order valence-electron chi connectivity index (χ0n) is 8.14. The van der Waals surface area contributed by atoms with E-state index >= 15 is 0 Å². The molecule has 86 valence electrons. The molecule has 0 unspecified atom stereocenters. The molecule has 0 heterocycles. The standard InChI is InChI=1S/C8H10Cl3NO3/c1-3-15-7(14)5(4(2)13)6(12)8(9,10)11/h3,12H2,1-2H3/b6-5-. The van der Waals surface area contributed by atoms with Gasteiger partial charge in [0.2, 0.25) is 3.79 Å². The monoisotopic (exact) mass is 273 g/mol. The SMILES string of the molecule is CCOC(=O)/C(C(C)=O)=C(\N)C(Cl)(Cl)Cl. The molecule has 4 nitrogen and oxygen atoms in total. The first-order valence-corrected chi connectivity index (χ1v) is 5.10. The van der Waals surface area contributed by atoms with Crippen LogP contribution in [0.1, 0.15) is 13.8 Å². The van der Waals surface area contributed by atoms with E-state index in [0.29, 0.717) is 0 Å². The Balaban J connectivity index is 5.31. The molecule has 0 radical (unpaired) electrons. The van der Waals surface area contributed by atoms with Crippen molar-refractivity contribution in [2.24, 2.45) is 5.73 Å². The molecule has 0 rings (SSSR count). The summed E-state index contributed by atoms with van der Waals surface area (Å²) in [6.07, 6.45) is 0. The molecule has 0 amide bonds. The maximum Gasteiger partial charge on any atom is 0.343 e. The summed E-state index contributed by atoms with van der Waals surface area (Å²) >= 11 is 16.4. The second-order valence-electron chi connectivity index (χ2n) is 2.56. The van der Waals surface area contributed by atoms with Crippen LogP contribution in [-0.4, -0.2) is 22.2 Å². The Labute approximate surface area is 102 Å². The third kappa shape index (κ3) is 4.28. The van der Waals surface area contributed by atoms with Gasteiger partial charge in [-0.1, -0.05) is 34.8 Å². The normalized spacial score (nSPS) is 13.1. The first kappa shape index (κ1) is 14.6. The molecule has 0 spiro atoms. The Kier molecular flexibility index (Phi) is 5.42. The Bertz CT molecular complexity index is 307. The van der Waals surface area contributed by atoms with Gasteiger partial charge in [-0.25, -0.2) is 4.79 Å². The molecular weight excluding hydrogens is 264 g/mol. The highest BCUT2D eigenvalue weighted by molar-refractivity contribution is 6.69. The summed E-state index contributed by atoms with van der Waals surface area (Å²) in [6, 6.07) is 0. The first-order chi connectivity index (χ1) is 6.71. The summed E-state index contributed by atoms with van der Waals surface area (Å²) in [5.41, 5.74) is 4.52. The predicted octanol–water partition coefficient (Wildman–Crippen LogP) is 1.72. The minimum absolute atomic E-state index is 0.1000. The molecule has 0 aliphatic rings. The van der Waals surface area contributed by atoms with Crippen molar-refractivity contribution in [3.8, 4) is 0 Å². The van der Waals surface area contributed by atoms with Crippen molar-refractivity contribution >= 4 is 46.6 Å². The number of carbonyl (C=O) groups excluding carboxylic acids is 2. The fraction of sp³-hybridized carbons (Fsp3) is 0.500. The van der Waals surface area contributed by atoms with Crippen molar-refractivity contribution < 1.29 is 14.3 Å². The van der Waals surface area contributed by atoms with Gasteiger partial charge < -0.3 is 10.5 Å². The molecule has 0 aromatic heterocycles. The number of allylic oxidation sites excluding steroid dienone is 1. The van der Waals surface area contributed by atoms with Crippen LogP contribution >= 0.6 is 34.8 Å². The number of ketones is 1. The molecule has 15 heavy (non-hydrogen) atoms. The lowest BCUT2D eigenvalue weighted by atomic mass is 10.1. The summed E-state index contributed by atoms with van der Waals surface area (Å²) in [4.78, 5) is 22.4. The molecule has 0 aliphatic carbocycles. The van der Waals surface area contributed by atoms with Crippen molar-refractivity contribution in [1.82, 2.24) is 0 Å². The van der Waals surface area contributed by atoms with E-state index < -0.39 is 26.8 Å². The largest absolute Gasteiger partial charge is 0.462 e. The molecular formula is C8H10Cl3NO3. The van der Waals surface area contributed by atoms with Crippen LogP contribution in [-0.2, 0) is 14.3 Å². The molecule has 0 atom stereocenters. The fourth-order valence-corrected chi connectivity index (χ4v) is 1.07. The van der Waals surface area contributed by atoms with Gasteiger partial charge in [-0.15, -0.1) is 0 Å². The fourth-order valence-electron chi connectivity index (χ4n) is 0.788. The Morgan fingerprint density at radius 2 is 1.80 bits per heavy atom. The molecule has 7 heteroatoms. The van der Waals surface area contributed by atoms with Crippen LogP contribution in [0.25, 0.3) is 0 Å². The van der Waals surface area contributed by atoms with Gasteiger partial charge in [0, 0.05) is 0 Å². The number of alkyl halides is 3. The van der Waals surface area contributed by atoms with Crippen LogP contribution in [0.15, 0.2) is 11.3 Å². The van der Waals surface area contributed by atoms with Crippen LogP contribution in [0.2, 0.25) is 0 Å². The predicted molar refractivity (Wildman–Crippen MR) is 58.8 cm³/mol. The quantitative estimate of drug-likeness (QED) is 0.280. The summed E-state index contributed by atoms with van der Waals surface area (Å²) in [5, 5.41) is 0. The smallest absolute Gasteiger partial charge is 0.343 e. The van der Waals surface area contributed by atoms with E-state index in [9.17, 15) is 9.59 Å². The molecule has 0 aromatic rings. The lowest BCUT2D eigenvalue weighted by Crippen LogP contribution is -2.26. The van der Waals surface area contributed by atoms with E-state index in [1.807, 2.05) is 0 Å². The second kappa shape index (κ2) is 5.58. The number of Topliss-reactive ketones (excluding diaryl/α,β-unsaturated/α-hetero) is 1. The number of rotatable bonds is 3. The highest BCUT2D eigenvalue weighted by atomic mass is 35.6. The number of carbonyl (C=O) groups is 2. The number of halogens is 3. The van der Waals surface area contributed by atoms with Gasteiger partial charge in [-0.05, 0) is 13.8 Å². The Morgan fingerprint density at radius 1 is 1.33 bits per heavy atom. The highest BCUT2D eigenvalue weighted by Gasteiger charge is 2.32. The second-order valence-corrected chi connectivity index (χ2v) is 4.84. The number of nitrogens with two attached hydrogens (primary N) is 1. The van der Waals surface area contributed by atoms with Crippen molar-refractivity contribution in [2.75, 3.05) is 6.61 Å². The number of esters is 1. The van der Waals surface area contributed by atoms with Crippen LogP contribution in [0.4, 0.5) is 0 Å². The number of ether oxygens (including phenoxy) is 1. The van der Waals surface area contributed by atoms with Gasteiger partial charge in [0.25, 0.3) is 0 Å². The first-order valence-electron chi connectivity index (χ1n) is 3.96. The van der Waals surface area contributed by atoms with Crippen molar-refractivity contribution in [3.05, 3.63) is 11.3 Å². The summed E-state index contributed by atoms with van der Waals surface area (Å²) < 4.78 is 2.60. The molecule has 0 aliphatic heterocycles. The molecule has 0 aromatic carbocycles. The molecule has 2 N–H and O–H groups in total. The van der Waals surface area contributed by atoms with Gasteiger partial charge in [0.1, 0.15) is 5.57 Å². The molecule has 0 fully saturated rings. The van der Waals surface area contributed by atoms with Gasteiger partial charge >= 0.3 is 5.97 Å².